The lowest BCUT2D eigenvalue weighted by molar-refractivity contribution is 0.615. The molecule has 0 amide bonds. The molecule has 0 unspecified atom stereocenters. The van der Waals surface area contributed by atoms with Gasteiger partial charge in [-0.25, -0.2) is 18.3 Å². The third kappa shape index (κ3) is 2.90. The fourth-order valence-electron chi connectivity index (χ4n) is 2.84. The third-order valence-electron chi connectivity index (χ3n) is 4.18. The summed E-state index contributed by atoms with van der Waals surface area (Å²) in [5.74, 6) is 0.210. The molecule has 0 aliphatic carbocycles. The molecule has 1 aromatic carbocycles. The Bertz CT molecular complexity index is 1100. The first-order chi connectivity index (χ1) is 12.5. The summed E-state index contributed by atoms with van der Waals surface area (Å²) < 4.78 is 29.1. The third-order valence-corrected chi connectivity index (χ3v) is 4.18. The van der Waals surface area contributed by atoms with Crippen LogP contribution in [0.4, 0.5) is 14.5 Å². The van der Waals surface area contributed by atoms with Crippen molar-refractivity contribution in [2.75, 3.05) is 5.32 Å². The molecule has 3 aromatic heterocycles. The van der Waals surface area contributed by atoms with Crippen molar-refractivity contribution < 1.29 is 8.78 Å². The maximum atomic E-state index is 14.3. The number of rotatable bonds is 4. The molecule has 0 spiro atoms. The number of nitrogens with one attached hydrogen (secondary N) is 2. The van der Waals surface area contributed by atoms with E-state index in [9.17, 15) is 8.78 Å². The normalized spacial score (nSPS) is 11.2. The molecule has 8 heteroatoms. The number of nitrogens with zero attached hydrogens (tertiary/aromatic N) is 4. The molecule has 0 saturated heterocycles. The average molecular weight is 354 g/mol. The standard InChI is InChI=1S/C18H16F2N6/c1-10-5-15(20)14(18-23-11(2)24-25-18)6-16(10)21-7-12-8-22-26-9-13(19)3-4-17(12)26/h3-6,8-9,21H,7H2,1-2H3,(H,23,24,25). The summed E-state index contributed by atoms with van der Waals surface area (Å²) in [5.41, 5.74) is 3.57. The molecule has 2 N–H and O–H groups in total. The monoisotopic (exact) mass is 354 g/mol. The van der Waals surface area contributed by atoms with Crippen molar-refractivity contribution in [1.29, 1.82) is 0 Å². The van der Waals surface area contributed by atoms with Crippen LogP contribution in [0.5, 0.6) is 0 Å². The highest BCUT2D eigenvalue weighted by atomic mass is 19.1. The predicted molar refractivity (Wildman–Crippen MR) is 93.7 cm³/mol. The lowest BCUT2D eigenvalue weighted by Crippen LogP contribution is -2.02. The van der Waals surface area contributed by atoms with Gasteiger partial charge in [0.1, 0.15) is 17.5 Å². The molecule has 4 aromatic rings. The average Bonchev–Trinajstić information content (AvgIpc) is 3.20. The number of aromatic amines is 1. The van der Waals surface area contributed by atoms with Crippen LogP contribution in [-0.2, 0) is 6.54 Å². The Kier molecular flexibility index (Phi) is 3.87. The Balaban J connectivity index is 1.63. The molecule has 0 aliphatic heterocycles. The molecule has 4 rings (SSSR count). The number of fused-ring (bicyclic) bond motifs is 1. The zero-order valence-electron chi connectivity index (χ0n) is 14.2. The summed E-state index contributed by atoms with van der Waals surface area (Å²) in [6.45, 7) is 4.05. The van der Waals surface area contributed by atoms with Crippen LogP contribution in [0, 0.1) is 25.5 Å². The summed E-state index contributed by atoms with van der Waals surface area (Å²) in [4.78, 5) is 4.19. The van der Waals surface area contributed by atoms with Crippen LogP contribution >= 0.6 is 0 Å². The van der Waals surface area contributed by atoms with Crippen LogP contribution in [0.15, 0.2) is 36.7 Å². The Morgan fingerprint density at radius 1 is 1.19 bits per heavy atom. The van der Waals surface area contributed by atoms with E-state index in [0.29, 0.717) is 23.8 Å². The molecule has 3 heterocycles. The van der Waals surface area contributed by atoms with E-state index in [4.69, 9.17) is 0 Å². The zero-order valence-corrected chi connectivity index (χ0v) is 14.2. The molecule has 132 valence electrons. The number of halogens is 2. The van der Waals surface area contributed by atoms with Crippen LogP contribution in [0.1, 0.15) is 17.0 Å². The minimum absolute atomic E-state index is 0.314. The second-order valence-electron chi connectivity index (χ2n) is 6.09. The van der Waals surface area contributed by atoms with Crippen LogP contribution in [0.2, 0.25) is 0 Å². The fraction of sp³-hybridized carbons (Fsp3) is 0.167. The van der Waals surface area contributed by atoms with E-state index < -0.39 is 0 Å². The van der Waals surface area contributed by atoms with Gasteiger partial charge < -0.3 is 5.32 Å². The maximum Gasteiger partial charge on any atom is 0.184 e. The minimum atomic E-state index is -0.376. The van der Waals surface area contributed by atoms with Crippen LogP contribution in [-0.4, -0.2) is 24.8 Å². The number of hydrogen-bond acceptors (Lipinski definition) is 4. The highest BCUT2D eigenvalue weighted by Crippen LogP contribution is 2.27. The van der Waals surface area contributed by atoms with Crippen molar-refractivity contribution in [1.82, 2.24) is 24.8 Å². The first kappa shape index (κ1) is 16.2. The van der Waals surface area contributed by atoms with Gasteiger partial charge >= 0.3 is 0 Å². The summed E-state index contributed by atoms with van der Waals surface area (Å²) in [5, 5.41) is 14.2. The van der Waals surface area contributed by atoms with Gasteiger partial charge in [-0.05, 0) is 43.7 Å². The Morgan fingerprint density at radius 2 is 2.04 bits per heavy atom. The van der Waals surface area contributed by atoms with E-state index in [1.807, 2.05) is 6.92 Å². The van der Waals surface area contributed by atoms with Crippen LogP contribution in [0.25, 0.3) is 16.9 Å². The highest BCUT2D eigenvalue weighted by Gasteiger charge is 2.14. The van der Waals surface area contributed by atoms with E-state index in [1.165, 1.54) is 22.8 Å². The molecule has 0 atom stereocenters. The minimum Gasteiger partial charge on any atom is -0.381 e. The number of aryl methyl sites for hydroxylation is 2. The van der Waals surface area contributed by atoms with Crippen molar-refractivity contribution in [3.63, 3.8) is 0 Å². The lowest BCUT2D eigenvalue weighted by atomic mass is 10.1. The van der Waals surface area contributed by atoms with E-state index in [2.05, 4.69) is 25.6 Å². The van der Waals surface area contributed by atoms with E-state index >= 15 is 0 Å². The number of H-pyrrole nitrogens is 1. The molecule has 0 fully saturated rings. The van der Waals surface area contributed by atoms with Crippen LogP contribution < -0.4 is 5.32 Å². The van der Waals surface area contributed by atoms with Gasteiger partial charge in [0, 0.05) is 17.8 Å². The van der Waals surface area contributed by atoms with Crippen molar-refractivity contribution >= 4 is 11.2 Å². The number of anilines is 1. The maximum absolute atomic E-state index is 14.3. The zero-order chi connectivity index (χ0) is 18.3. The number of aromatic nitrogens is 5. The lowest BCUT2D eigenvalue weighted by Gasteiger charge is -2.11. The summed E-state index contributed by atoms with van der Waals surface area (Å²) in [6, 6.07) is 6.22. The molecule has 0 saturated carbocycles. The van der Waals surface area contributed by atoms with Crippen molar-refractivity contribution in [2.24, 2.45) is 0 Å². The number of pyridine rings is 1. The molecule has 6 nitrogen and oxygen atoms in total. The fourth-order valence-corrected chi connectivity index (χ4v) is 2.84. The second-order valence-corrected chi connectivity index (χ2v) is 6.09. The number of benzene rings is 1. The SMILES string of the molecule is Cc1nc(-c2cc(NCc3cnn4cc(F)ccc34)c(C)cc2F)n[nH]1. The molecule has 0 radical (unpaired) electrons. The smallest absolute Gasteiger partial charge is 0.184 e. The van der Waals surface area contributed by atoms with Gasteiger partial charge in [-0.15, -0.1) is 0 Å². The van der Waals surface area contributed by atoms with Gasteiger partial charge in [-0.2, -0.15) is 10.2 Å². The highest BCUT2D eigenvalue weighted by molar-refractivity contribution is 5.66. The molecule has 0 bridgehead atoms. The predicted octanol–water partition coefficient (Wildman–Crippen LogP) is 3.63. The summed E-state index contributed by atoms with van der Waals surface area (Å²) >= 11 is 0. The van der Waals surface area contributed by atoms with Crippen molar-refractivity contribution in [3.8, 4) is 11.4 Å². The molecular formula is C18H16F2N6. The van der Waals surface area contributed by atoms with Gasteiger partial charge in [-0.3, -0.25) is 5.10 Å². The summed E-state index contributed by atoms with van der Waals surface area (Å²) in [6.07, 6.45) is 3.01. The van der Waals surface area contributed by atoms with Gasteiger partial charge in [0.25, 0.3) is 0 Å². The molecule has 0 aliphatic rings. The van der Waals surface area contributed by atoms with Crippen LogP contribution in [0.3, 0.4) is 0 Å². The van der Waals surface area contributed by atoms with Crippen molar-refractivity contribution in [3.05, 3.63) is 65.2 Å². The first-order valence-electron chi connectivity index (χ1n) is 8.06. The van der Waals surface area contributed by atoms with E-state index in [-0.39, 0.29) is 11.6 Å². The number of hydrogen-bond donors (Lipinski definition) is 2. The molecular weight excluding hydrogens is 338 g/mol. The largest absolute Gasteiger partial charge is 0.381 e. The Morgan fingerprint density at radius 3 is 2.81 bits per heavy atom. The van der Waals surface area contributed by atoms with E-state index in [1.54, 1.807) is 25.3 Å². The second kappa shape index (κ2) is 6.21. The van der Waals surface area contributed by atoms with Gasteiger partial charge in [0.05, 0.1) is 23.5 Å². The molecule has 26 heavy (non-hydrogen) atoms. The van der Waals surface area contributed by atoms with Crippen molar-refractivity contribution in [2.45, 2.75) is 20.4 Å². The quantitative estimate of drug-likeness (QED) is 0.587. The van der Waals surface area contributed by atoms with Gasteiger partial charge in [0.15, 0.2) is 5.82 Å². The first-order valence-corrected chi connectivity index (χ1v) is 8.06. The topological polar surface area (TPSA) is 70.9 Å². The Labute approximate surface area is 147 Å². The summed E-state index contributed by atoms with van der Waals surface area (Å²) in [7, 11) is 0. The van der Waals surface area contributed by atoms with Gasteiger partial charge in [0.2, 0.25) is 0 Å². The van der Waals surface area contributed by atoms with Gasteiger partial charge in [-0.1, -0.05) is 0 Å². The van der Waals surface area contributed by atoms with E-state index in [0.717, 1.165) is 22.3 Å². The Hall–Kier alpha value is -3.29.